The number of aliphatic carboxylic acids is 1. The SMILES string of the molecule is O=C(c1ccc(C(F)(F)F)cn1)N1C[C@H]2COCC[C@@]2(C(=O)O)C1. The van der Waals surface area contributed by atoms with Crippen LogP contribution in [0.15, 0.2) is 18.3 Å². The zero-order chi connectivity index (χ0) is 17.5. The number of carbonyl (C=O) groups excluding carboxylic acids is 1. The van der Waals surface area contributed by atoms with Gasteiger partial charge in [0.2, 0.25) is 0 Å². The van der Waals surface area contributed by atoms with Crippen molar-refractivity contribution in [2.75, 3.05) is 26.3 Å². The summed E-state index contributed by atoms with van der Waals surface area (Å²) in [5.74, 6) is -1.88. The van der Waals surface area contributed by atoms with Crippen LogP contribution < -0.4 is 0 Å². The van der Waals surface area contributed by atoms with Crippen molar-refractivity contribution in [2.45, 2.75) is 12.6 Å². The van der Waals surface area contributed by atoms with Gasteiger partial charge in [0, 0.05) is 31.8 Å². The molecule has 130 valence electrons. The molecule has 3 rings (SSSR count). The first kappa shape index (κ1) is 16.7. The molecule has 0 aromatic carbocycles. The van der Waals surface area contributed by atoms with Crippen LogP contribution in [0.5, 0.6) is 0 Å². The van der Waals surface area contributed by atoms with Gasteiger partial charge in [0.05, 0.1) is 17.6 Å². The summed E-state index contributed by atoms with van der Waals surface area (Å²) in [5.41, 5.74) is -2.13. The van der Waals surface area contributed by atoms with Gasteiger partial charge in [-0.3, -0.25) is 14.6 Å². The average molecular weight is 344 g/mol. The molecule has 1 aromatic heterocycles. The lowest BCUT2D eigenvalue weighted by Crippen LogP contribution is -2.45. The van der Waals surface area contributed by atoms with Crippen LogP contribution in [0.1, 0.15) is 22.5 Å². The third kappa shape index (κ3) is 2.72. The van der Waals surface area contributed by atoms with Gasteiger partial charge < -0.3 is 14.7 Å². The molecule has 1 amide bonds. The van der Waals surface area contributed by atoms with Gasteiger partial charge in [-0.2, -0.15) is 13.2 Å². The van der Waals surface area contributed by atoms with E-state index < -0.39 is 29.0 Å². The van der Waals surface area contributed by atoms with E-state index >= 15 is 0 Å². The number of alkyl halides is 3. The number of amides is 1. The Kier molecular flexibility index (Phi) is 3.98. The molecule has 2 atom stereocenters. The van der Waals surface area contributed by atoms with Crippen molar-refractivity contribution in [1.29, 1.82) is 0 Å². The average Bonchev–Trinajstić information content (AvgIpc) is 2.94. The van der Waals surface area contributed by atoms with Crippen LogP contribution in [0, 0.1) is 11.3 Å². The number of rotatable bonds is 2. The molecule has 1 aromatic rings. The molecule has 9 heteroatoms. The van der Waals surface area contributed by atoms with E-state index in [0.29, 0.717) is 19.2 Å². The molecule has 0 spiro atoms. The maximum atomic E-state index is 12.5. The highest BCUT2D eigenvalue weighted by Crippen LogP contribution is 2.42. The van der Waals surface area contributed by atoms with E-state index in [-0.39, 0.29) is 31.3 Å². The summed E-state index contributed by atoms with van der Waals surface area (Å²) in [5, 5.41) is 9.56. The number of hydrogen-bond acceptors (Lipinski definition) is 4. The van der Waals surface area contributed by atoms with Crippen LogP contribution in [-0.4, -0.2) is 53.2 Å². The molecule has 0 bridgehead atoms. The highest BCUT2D eigenvalue weighted by Gasteiger charge is 2.55. The van der Waals surface area contributed by atoms with Crippen molar-refractivity contribution < 1.29 is 32.6 Å². The Balaban J connectivity index is 1.80. The number of fused-ring (bicyclic) bond motifs is 1. The quantitative estimate of drug-likeness (QED) is 0.883. The number of nitrogens with zero attached hydrogens (tertiary/aromatic N) is 2. The first-order chi connectivity index (χ1) is 11.2. The number of halogens is 3. The summed E-state index contributed by atoms with van der Waals surface area (Å²) in [6.45, 7) is 0.756. The highest BCUT2D eigenvalue weighted by atomic mass is 19.4. The Morgan fingerprint density at radius 2 is 2.12 bits per heavy atom. The van der Waals surface area contributed by atoms with Crippen LogP contribution in [0.3, 0.4) is 0 Å². The maximum Gasteiger partial charge on any atom is 0.417 e. The summed E-state index contributed by atoms with van der Waals surface area (Å²) in [6, 6.07) is 1.80. The summed E-state index contributed by atoms with van der Waals surface area (Å²) in [7, 11) is 0. The van der Waals surface area contributed by atoms with Gasteiger partial charge in [-0.15, -0.1) is 0 Å². The molecule has 6 nitrogen and oxygen atoms in total. The number of aromatic nitrogens is 1. The largest absolute Gasteiger partial charge is 0.481 e. The lowest BCUT2D eigenvalue weighted by atomic mass is 9.74. The van der Waals surface area contributed by atoms with Crippen LogP contribution >= 0.6 is 0 Å². The first-order valence-corrected chi connectivity index (χ1v) is 7.38. The molecule has 0 radical (unpaired) electrons. The van der Waals surface area contributed by atoms with Gasteiger partial charge >= 0.3 is 12.1 Å². The number of carboxylic acid groups (broad SMARTS) is 1. The Labute approximate surface area is 135 Å². The second-order valence-corrected chi connectivity index (χ2v) is 6.10. The molecule has 3 heterocycles. The van der Waals surface area contributed by atoms with Crippen molar-refractivity contribution in [3.8, 4) is 0 Å². The first-order valence-electron chi connectivity index (χ1n) is 7.38. The van der Waals surface area contributed by atoms with Gasteiger partial charge in [-0.05, 0) is 18.6 Å². The van der Waals surface area contributed by atoms with Gasteiger partial charge in [-0.1, -0.05) is 0 Å². The van der Waals surface area contributed by atoms with Crippen molar-refractivity contribution in [2.24, 2.45) is 11.3 Å². The van der Waals surface area contributed by atoms with Crippen LogP contribution in [0.4, 0.5) is 13.2 Å². The summed E-state index contributed by atoms with van der Waals surface area (Å²) in [6.07, 6.45) is -3.62. The number of hydrogen-bond donors (Lipinski definition) is 1. The minimum atomic E-state index is -4.53. The minimum absolute atomic E-state index is 0.0118. The Morgan fingerprint density at radius 3 is 2.67 bits per heavy atom. The second kappa shape index (κ2) is 5.73. The molecule has 0 aliphatic carbocycles. The molecule has 0 unspecified atom stereocenters. The van der Waals surface area contributed by atoms with Crippen molar-refractivity contribution in [1.82, 2.24) is 9.88 Å². The number of pyridine rings is 1. The van der Waals surface area contributed by atoms with E-state index in [2.05, 4.69) is 4.98 Å². The normalized spacial score (nSPS) is 27.0. The third-order valence-electron chi connectivity index (χ3n) is 4.73. The van der Waals surface area contributed by atoms with E-state index in [4.69, 9.17) is 4.74 Å². The smallest absolute Gasteiger partial charge is 0.417 e. The molecule has 2 saturated heterocycles. The molecule has 0 saturated carbocycles. The van der Waals surface area contributed by atoms with E-state index in [9.17, 15) is 27.9 Å². The monoisotopic (exact) mass is 344 g/mol. The predicted molar refractivity (Wildman–Crippen MR) is 74.1 cm³/mol. The van der Waals surface area contributed by atoms with Crippen LogP contribution in [0.25, 0.3) is 0 Å². The third-order valence-corrected chi connectivity index (χ3v) is 4.73. The number of likely N-dealkylation sites (tertiary alicyclic amines) is 1. The highest BCUT2D eigenvalue weighted by molar-refractivity contribution is 5.93. The molecule has 24 heavy (non-hydrogen) atoms. The fourth-order valence-corrected chi connectivity index (χ4v) is 3.30. The second-order valence-electron chi connectivity index (χ2n) is 6.10. The standard InChI is InChI=1S/C15H15F3N2O4/c16-15(17,18)9-1-2-11(19-5-9)12(21)20-6-10-7-24-4-3-14(10,8-20)13(22)23/h1-2,5,10H,3-4,6-8H2,(H,22,23)/t10-,14+/m0/s1. The Hall–Kier alpha value is -2.16. The minimum Gasteiger partial charge on any atom is -0.481 e. The van der Waals surface area contributed by atoms with Gasteiger partial charge in [0.25, 0.3) is 5.91 Å². The lowest BCUT2D eigenvalue weighted by molar-refractivity contribution is -0.157. The molecule has 2 aliphatic heterocycles. The van der Waals surface area contributed by atoms with Crippen molar-refractivity contribution >= 4 is 11.9 Å². The van der Waals surface area contributed by atoms with Gasteiger partial charge in [0.15, 0.2) is 0 Å². The van der Waals surface area contributed by atoms with Crippen LogP contribution in [0.2, 0.25) is 0 Å². The summed E-state index contributed by atoms with van der Waals surface area (Å²) >= 11 is 0. The van der Waals surface area contributed by atoms with E-state index in [1.807, 2.05) is 0 Å². The Morgan fingerprint density at radius 1 is 1.38 bits per heavy atom. The summed E-state index contributed by atoms with van der Waals surface area (Å²) in [4.78, 5) is 29.1. The Bertz CT molecular complexity index is 662. The van der Waals surface area contributed by atoms with E-state index in [1.165, 1.54) is 4.90 Å². The van der Waals surface area contributed by atoms with Gasteiger partial charge in [-0.25, -0.2) is 0 Å². The zero-order valence-corrected chi connectivity index (χ0v) is 12.5. The van der Waals surface area contributed by atoms with Gasteiger partial charge in [0.1, 0.15) is 5.69 Å². The topological polar surface area (TPSA) is 79.7 Å². The van der Waals surface area contributed by atoms with E-state index in [0.717, 1.165) is 12.1 Å². The number of ether oxygens (including phenoxy) is 1. The molecule has 2 aliphatic rings. The predicted octanol–water partition coefficient (Wildman–Crippen LogP) is 1.66. The molecule has 1 N–H and O–H groups in total. The molecular weight excluding hydrogens is 329 g/mol. The zero-order valence-electron chi connectivity index (χ0n) is 12.5. The molecule has 2 fully saturated rings. The molecular formula is C15H15F3N2O4. The van der Waals surface area contributed by atoms with E-state index in [1.54, 1.807) is 0 Å². The summed E-state index contributed by atoms with van der Waals surface area (Å²) < 4.78 is 42.9. The lowest BCUT2D eigenvalue weighted by Gasteiger charge is -2.33. The number of carboxylic acids is 1. The van der Waals surface area contributed by atoms with Crippen molar-refractivity contribution in [3.63, 3.8) is 0 Å². The van der Waals surface area contributed by atoms with Crippen molar-refractivity contribution in [3.05, 3.63) is 29.6 Å². The number of carbonyl (C=O) groups is 2. The maximum absolute atomic E-state index is 12.5. The fraction of sp³-hybridized carbons (Fsp3) is 0.533. The van der Waals surface area contributed by atoms with Crippen LogP contribution in [-0.2, 0) is 15.7 Å². The fourth-order valence-electron chi connectivity index (χ4n) is 3.30.